The van der Waals surface area contributed by atoms with Crippen LogP contribution in [0.25, 0.3) is 11.0 Å². The Bertz CT molecular complexity index is 590. The Morgan fingerprint density at radius 1 is 1.28 bits per heavy atom. The SMILES string of the molecule is NC1(c2nc3c(F)c(F)ccc3[nH]2)CCOCC1. The van der Waals surface area contributed by atoms with E-state index in [0.29, 0.717) is 37.4 Å². The van der Waals surface area contributed by atoms with E-state index < -0.39 is 17.2 Å². The van der Waals surface area contributed by atoms with Crippen molar-refractivity contribution >= 4 is 11.0 Å². The Morgan fingerprint density at radius 2 is 2.00 bits per heavy atom. The third-order valence-corrected chi connectivity index (χ3v) is 3.40. The maximum Gasteiger partial charge on any atom is 0.186 e. The molecule has 0 amide bonds. The number of aromatic amines is 1. The largest absolute Gasteiger partial charge is 0.381 e. The summed E-state index contributed by atoms with van der Waals surface area (Å²) in [5.41, 5.74) is 6.05. The fourth-order valence-electron chi connectivity index (χ4n) is 2.23. The van der Waals surface area contributed by atoms with Crippen molar-refractivity contribution in [1.82, 2.24) is 9.97 Å². The zero-order chi connectivity index (χ0) is 12.8. The molecule has 2 aromatic rings. The third kappa shape index (κ3) is 1.69. The van der Waals surface area contributed by atoms with Crippen LogP contribution in [0.4, 0.5) is 8.78 Å². The number of nitrogens with one attached hydrogen (secondary N) is 1. The average molecular weight is 253 g/mol. The Kier molecular flexibility index (Phi) is 2.57. The van der Waals surface area contributed by atoms with Gasteiger partial charge in [-0.15, -0.1) is 0 Å². The van der Waals surface area contributed by atoms with Gasteiger partial charge in [-0.1, -0.05) is 0 Å². The summed E-state index contributed by atoms with van der Waals surface area (Å²) in [5, 5.41) is 0. The van der Waals surface area contributed by atoms with Crippen LogP contribution in [0.2, 0.25) is 0 Å². The molecule has 3 N–H and O–H groups in total. The second-order valence-electron chi connectivity index (χ2n) is 4.61. The monoisotopic (exact) mass is 253 g/mol. The lowest BCUT2D eigenvalue weighted by molar-refractivity contribution is 0.0496. The summed E-state index contributed by atoms with van der Waals surface area (Å²) in [7, 11) is 0. The predicted octanol–water partition coefficient (Wildman–Crippen LogP) is 1.81. The van der Waals surface area contributed by atoms with Gasteiger partial charge in [-0.3, -0.25) is 0 Å². The van der Waals surface area contributed by atoms with E-state index in [9.17, 15) is 8.78 Å². The number of imidazole rings is 1. The van der Waals surface area contributed by atoms with Gasteiger partial charge >= 0.3 is 0 Å². The van der Waals surface area contributed by atoms with Gasteiger partial charge in [-0.25, -0.2) is 13.8 Å². The van der Waals surface area contributed by atoms with Crippen LogP contribution in [0.1, 0.15) is 18.7 Å². The number of ether oxygens (including phenoxy) is 1. The molecule has 0 unspecified atom stereocenters. The Labute approximate surface area is 102 Å². The quantitative estimate of drug-likeness (QED) is 0.814. The zero-order valence-corrected chi connectivity index (χ0v) is 9.67. The second-order valence-corrected chi connectivity index (χ2v) is 4.61. The summed E-state index contributed by atoms with van der Waals surface area (Å²) in [4.78, 5) is 7.09. The van der Waals surface area contributed by atoms with Crippen molar-refractivity contribution in [3.63, 3.8) is 0 Å². The third-order valence-electron chi connectivity index (χ3n) is 3.40. The summed E-state index contributed by atoms with van der Waals surface area (Å²) in [6, 6.07) is 2.54. The zero-order valence-electron chi connectivity index (χ0n) is 9.67. The highest BCUT2D eigenvalue weighted by Gasteiger charge is 2.33. The van der Waals surface area contributed by atoms with Crippen molar-refractivity contribution in [1.29, 1.82) is 0 Å². The van der Waals surface area contributed by atoms with E-state index in [-0.39, 0.29) is 5.52 Å². The molecular formula is C12H13F2N3O. The maximum atomic E-state index is 13.6. The van der Waals surface area contributed by atoms with Crippen LogP contribution in [-0.4, -0.2) is 23.2 Å². The van der Waals surface area contributed by atoms with Crippen LogP contribution in [0.5, 0.6) is 0 Å². The van der Waals surface area contributed by atoms with Crippen molar-refractivity contribution < 1.29 is 13.5 Å². The van der Waals surface area contributed by atoms with E-state index in [1.54, 1.807) is 0 Å². The fourth-order valence-corrected chi connectivity index (χ4v) is 2.23. The molecule has 0 radical (unpaired) electrons. The topological polar surface area (TPSA) is 63.9 Å². The first kappa shape index (κ1) is 11.6. The number of benzene rings is 1. The molecule has 4 nitrogen and oxygen atoms in total. The molecule has 1 aromatic carbocycles. The van der Waals surface area contributed by atoms with Crippen molar-refractivity contribution in [2.24, 2.45) is 5.73 Å². The number of aromatic nitrogens is 2. The maximum absolute atomic E-state index is 13.6. The van der Waals surface area contributed by atoms with Gasteiger partial charge < -0.3 is 15.5 Å². The molecule has 1 aromatic heterocycles. The van der Waals surface area contributed by atoms with Gasteiger partial charge in [0.15, 0.2) is 11.6 Å². The molecule has 1 aliphatic rings. The normalized spacial score (nSPS) is 19.3. The van der Waals surface area contributed by atoms with Crippen molar-refractivity contribution in [3.8, 4) is 0 Å². The van der Waals surface area contributed by atoms with E-state index in [1.165, 1.54) is 6.07 Å². The smallest absolute Gasteiger partial charge is 0.186 e. The standard InChI is InChI=1S/C12H13F2N3O/c13-7-1-2-8-10(9(7)14)17-11(16-8)12(15)3-5-18-6-4-12/h1-2H,3-6,15H2,(H,16,17). The number of nitrogens with zero attached hydrogens (tertiary/aromatic N) is 1. The van der Waals surface area contributed by atoms with Crippen molar-refractivity contribution in [3.05, 3.63) is 29.6 Å². The number of hydrogen-bond donors (Lipinski definition) is 2. The van der Waals surface area contributed by atoms with Crippen LogP contribution in [0.15, 0.2) is 12.1 Å². The van der Waals surface area contributed by atoms with Crippen molar-refractivity contribution in [2.75, 3.05) is 13.2 Å². The molecule has 0 bridgehead atoms. The van der Waals surface area contributed by atoms with E-state index in [4.69, 9.17) is 10.5 Å². The number of H-pyrrole nitrogens is 1. The lowest BCUT2D eigenvalue weighted by atomic mass is 9.91. The molecule has 0 aliphatic carbocycles. The molecule has 3 rings (SSSR count). The van der Waals surface area contributed by atoms with Crippen LogP contribution >= 0.6 is 0 Å². The number of fused-ring (bicyclic) bond motifs is 1. The number of nitrogens with two attached hydrogens (primary N) is 1. The van der Waals surface area contributed by atoms with Gasteiger partial charge in [0.25, 0.3) is 0 Å². The van der Waals surface area contributed by atoms with Crippen LogP contribution in [-0.2, 0) is 10.3 Å². The molecular weight excluding hydrogens is 240 g/mol. The lowest BCUT2D eigenvalue weighted by Crippen LogP contribution is -2.43. The van der Waals surface area contributed by atoms with Crippen molar-refractivity contribution in [2.45, 2.75) is 18.4 Å². The second kappa shape index (κ2) is 4.00. The Hall–Kier alpha value is -1.53. The highest BCUT2D eigenvalue weighted by molar-refractivity contribution is 5.76. The first-order valence-corrected chi connectivity index (χ1v) is 5.81. The van der Waals surface area contributed by atoms with Gasteiger partial charge in [-0.2, -0.15) is 0 Å². The number of rotatable bonds is 1. The Balaban J connectivity index is 2.10. The van der Waals surface area contributed by atoms with Crippen LogP contribution < -0.4 is 5.73 Å². The minimum absolute atomic E-state index is 0.00122. The molecule has 0 atom stereocenters. The molecule has 0 saturated carbocycles. The van der Waals surface area contributed by atoms with Crippen LogP contribution in [0.3, 0.4) is 0 Å². The lowest BCUT2D eigenvalue weighted by Gasteiger charge is -2.31. The van der Waals surface area contributed by atoms with Gasteiger partial charge in [0.1, 0.15) is 11.3 Å². The van der Waals surface area contributed by atoms with E-state index in [2.05, 4.69) is 9.97 Å². The summed E-state index contributed by atoms with van der Waals surface area (Å²) in [6.45, 7) is 1.09. The highest BCUT2D eigenvalue weighted by Crippen LogP contribution is 2.29. The summed E-state index contributed by atoms with van der Waals surface area (Å²) < 4.78 is 31.9. The number of hydrogen-bond acceptors (Lipinski definition) is 3. The molecule has 96 valence electrons. The van der Waals surface area contributed by atoms with E-state index in [1.807, 2.05) is 0 Å². The van der Waals surface area contributed by atoms with Gasteiger partial charge in [-0.05, 0) is 25.0 Å². The first-order valence-electron chi connectivity index (χ1n) is 5.81. The summed E-state index contributed by atoms with van der Waals surface area (Å²) >= 11 is 0. The molecule has 18 heavy (non-hydrogen) atoms. The molecule has 0 spiro atoms. The molecule has 2 heterocycles. The number of halogens is 2. The average Bonchev–Trinajstić information content (AvgIpc) is 2.80. The molecule has 1 aliphatic heterocycles. The summed E-state index contributed by atoms with van der Waals surface area (Å²) in [5.74, 6) is -1.35. The molecule has 1 saturated heterocycles. The first-order chi connectivity index (χ1) is 8.60. The summed E-state index contributed by atoms with van der Waals surface area (Å²) in [6.07, 6.45) is 1.22. The predicted molar refractivity (Wildman–Crippen MR) is 61.9 cm³/mol. The van der Waals surface area contributed by atoms with Gasteiger partial charge in [0.05, 0.1) is 11.1 Å². The minimum atomic E-state index is -0.939. The van der Waals surface area contributed by atoms with Crippen LogP contribution in [0, 0.1) is 11.6 Å². The highest BCUT2D eigenvalue weighted by atomic mass is 19.2. The fraction of sp³-hybridized carbons (Fsp3) is 0.417. The van der Waals surface area contributed by atoms with E-state index in [0.717, 1.165) is 6.07 Å². The molecule has 1 fully saturated rings. The van der Waals surface area contributed by atoms with Gasteiger partial charge in [0.2, 0.25) is 0 Å². The minimum Gasteiger partial charge on any atom is -0.381 e. The Morgan fingerprint density at radius 3 is 2.72 bits per heavy atom. The van der Waals surface area contributed by atoms with Gasteiger partial charge in [0, 0.05) is 13.2 Å². The molecule has 6 heteroatoms. The van der Waals surface area contributed by atoms with E-state index >= 15 is 0 Å².